The van der Waals surface area contributed by atoms with Crippen LogP contribution < -0.4 is 9.64 Å². The molecular weight excluding hydrogens is 462 g/mol. The topological polar surface area (TPSA) is 66.8 Å². The van der Waals surface area contributed by atoms with E-state index in [-0.39, 0.29) is 16.7 Å². The maximum atomic E-state index is 13.3. The smallest absolute Gasteiger partial charge is 0.300 e. The molecule has 3 aromatic carbocycles. The normalized spacial score (nSPS) is 17.3. The van der Waals surface area contributed by atoms with Crippen molar-refractivity contribution in [3.8, 4) is 5.75 Å². The quantitative estimate of drug-likeness (QED) is 0.155. The van der Waals surface area contributed by atoms with Crippen LogP contribution in [0, 0.1) is 0 Å². The lowest BCUT2D eigenvalue weighted by Gasteiger charge is -2.26. The maximum Gasteiger partial charge on any atom is 0.300 e. The van der Waals surface area contributed by atoms with Crippen LogP contribution in [0.5, 0.6) is 5.75 Å². The van der Waals surface area contributed by atoms with Crippen LogP contribution in [0.15, 0.2) is 84.4 Å². The van der Waals surface area contributed by atoms with Gasteiger partial charge in [-0.15, -0.1) is 0 Å². The summed E-state index contributed by atoms with van der Waals surface area (Å²) in [5.74, 6) is -0.856. The molecule has 37 heavy (non-hydrogen) atoms. The molecule has 5 nitrogen and oxygen atoms in total. The van der Waals surface area contributed by atoms with Gasteiger partial charge >= 0.3 is 0 Å². The molecule has 1 aliphatic rings. The van der Waals surface area contributed by atoms with Gasteiger partial charge in [0, 0.05) is 11.3 Å². The van der Waals surface area contributed by atoms with Gasteiger partial charge in [0.2, 0.25) is 0 Å². The number of nitrogens with zero attached hydrogens (tertiary/aromatic N) is 1. The Hall–Kier alpha value is -3.86. The van der Waals surface area contributed by atoms with Crippen LogP contribution >= 0.6 is 0 Å². The van der Waals surface area contributed by atoms with Crippen LogP contribution in [-0.2, 0) is 15.0 Å². The van der Waals surface area contributed by atoms with Crippen LogP contribution in [0.3, 0.4) is 0 Å². The molecule has 0 radical (unpaired) electrons. The molecule has 0 spiro atoms. The number of hydrogen-bond donors (Lipinski definition) is 1. The Kier molecular flexibility index (Phi) is 7.82. The van der Waals surface area contributed by atoms with E-state index in [4.69, 9.17) is 4.74 Å². The minimum absolute atomic E-state index is 0.0415. The molecule has 0 saturated carbocycles. The SMILES string of the molecule is CCCCCOc1ccc(/C(O)=C2/C(=O)C(=O)N(c3ccccc3)C2c2ccc(C(C)(C)C)cc2)cc1. The van der Waals surface area contributed by atoms with Crippen molar-refractivity contribution in [1.29, 1.82) is 0 Å². The number of amides is 1. The van der Waals surface area contributed by atoms with Gasteiger partial charge in [0.15, 0.2) is 0 Å². The van der Waals surface area contributed by atoms with Gasteiger partial charge in [-0.25, -0.2) is 0 Å². The largest absolute Gasteiger partial charge is 0.507 e. The van der Waals surface area contributed by atoms with Crippen molar-refractivity contribution < 1.29 is 19.4 Å². The van der Waals surface area contributed by atoms with Gasteiger partial charge in [-0.1, -0.05) is 83.0 Å². The molecule has 1 aliphatic heterocycles. The first kappa shape index (κ1) is 26.2. The van der Waals surface area contributed by atoms with E-state index >= 15 is 0 Å². The summed E-state index contributed by atoms with van der Waals surface area (Å²) in [7, 11) is 0. The monoisotopic (exact) mass is 497 g/mol. The van der Waals surface area contributed by atoms with E-state index < -0.39 is 17.7 Å². The molecule has 5 heteroatoms. The first-order valence-electron chi connectivity index (χ1n) is 12.9. The molecule has 192 valence electrons. The van der Waals surface area contributed by atoms with Crippen molar-refractivity contribution in [2.45, 2.75) is 58.4 Å². The van der Waals surface area contributed by atoms with E-state index in [1.165, 1.54) is 4.90 Å². The summed E-state index contributed by atoms with van der Waals surface area (Å²) in [6.45, 7) is 9.18. The molecule has 1 heterocycles. The summed E-state index contributed by atoms with van der Waals surface area (Å²) in [5, 5.41) is 11.4. The first-order valence-corrected chi connectivity index (χ1v) is 12.9. The lowest BCUT2D eigenvalue weighted by Crippen LogP contribution is -2.29. The second-order valence-electron chi connectivity index (χ2n) is 10.5. The van der Waals surface area contributed by atoms with Crippen LogP contribution in [0.2, 0.25) is 0 Å². The van der Waals surface area contributed by atoms with Crippen molar-refractivity contribution >= 4 is 23.1 Å². The summed E-state index contributed by atoms with van der Waals surface area (Å²) in [6, 6.07) is 23.3. The average Bonchev–Trinajstić information content (AvgIpc) is 3.17. The van der Waals surface area contributed by atoms with E-state index in [1.807, 2.05) is 42.5 Å². The Balaban J connectivity index is 1.76. The minimum Gasteiger partial charge on any atom is -0.507 e. The predicted molar refractivity (Wildman–Crippen MR) is 148 cm³/mol. The minimum atomic E-state index is -0.749. The number of carbonyl (C=O) groups is 2. The number of aliphatic hydroxyl groups excluding tert-OH is 1. The third-order valence-electron chi connectivity index (χ3n) is 6.72. The molecular formula is C32H35NO4. The summed E-state index contributed by atoms with van der Waals surface area (Å²) in [5.41, 5.74) is 3.00. The molecule has 0 aromatic heterocycles. The second kappa shape index (κ2) is 11.0. The molecule has 4 rings (SSSR count). The highest BCUT2D eigenvalue weighted by Crippen LogP contribution is 2.42. The Morgan fingerprint density at radius 2 is 1.54 bits per heavy atom. The Morgan fingerprint density at radius 1 is 0.892 bits per heavy atom. The predicted octanol–water partition coefficient (Wildman–Crippen LogP) is 7.18. The number of carbonyl (C=O) groups excluding carboxylic acids is 2. The van der Waals surface area contributed by atoms with Crippen molar-refractivity contribution in [2.24, 2.45) is 0 Å². The summed E-state index contributed by atoms with van der Waals surface area (Å²) >= 11 is 0. The standard InChI is InChI=1S/C32H35NO4/c1-5-6-10-21-37-26-19-15-23(16-20-26)29(34)27-28(22-13-17-24(18-14-22)32(2,3)4)33(31(36)30(27)35)25-11-8-7-9-12-25/h7-9,11-20,28,34H,5-6,10,21H2,1-4H3/b29-27-. The second-order valence-corrected chi connectivity index (χ2v) is 10.5. The van der Waals surface area contributed by atoms with Crippen molar-refractivity contribution in [2.75, 3.05) is 11.5 Å². The summed E-state index contributed by atoms with van der Waals surface area (Å²) in [4.78, 5) is 28.1. The van der Waals surface area contributed by atoms with Crippen LogP contribution in [0.1, 0.15) is 69.7 Å². The molecule has 1 unspecified atom stereocenters. The van der Waals surface area contributed by atoms with Crippen LogP contribution in [-0.4, -0.2) is 23.4 Å². The molecule has 1 N–H and O–H groups in total. The number of aliphatic hydroxyl groups is 1. The fourth-order valence-corrected chi connectivity index (χ4v) is 4.57. The Labute approximate surface area is 219 Å². The number of ketones is 1. The van der Waals surface area contributed by atoms with Crippen molar-refractivity contribution in [3.05, 3.63) is 101 Å². The summed E-state index contributed by atoms with van der Waals surface area (Å²) < 4.78 is 5.78. The van der Waals surface area contributed by atoms with Crippen LogP contribution in [0.4, 0.5) is 5.69 Å². The van der Waals surface area contributed by atoms with E-state index in [0.717, 1.165) is 30.4 Å². The third kappa shape index (κ3) is 5.61. The van der Waals surface area contributed by atoms with E-state index in [1.54, 1.807) is 36.4 Å². The van der Waals surface area contributed by atoms with Crippen molar-refractivity contribution in [1.82, 2.24) is 0 Å². The number of rotatable bonds is 8. The third-order valence-corrected chi connectivity index (χ3v) is 6.72. The van der Waals surface area contributed by atoms with Crippen molar-refractivity contribution in [3.63, 3.8) is 0 Å². The number of anilines is 1. The molecule has 1 saturated heterocycles. The number of hydrogen-bond acceptors (Lipinski definition) is 4. The number of unbranched alkanes of at least 4 members (excludes halogenated alkanes) is 2. The van der Waals surface area contributed by atoms with E-state index in [0.29, 0.717) is 23.6 Å². The Bertz CT molecular complexity index is 1270. The van der Waals surface area contributed by atoms with Gasteiger partial charge < -0.3 is 9.84 Å². The van der Waals surface area contributed by atoms with Gasteiger partial charge in [-0.3, -0.25) is 14.5 Å². The number of ether oxygens (including phenoxy) is 1. The fraction of sp³-hybridized carbons (Fsp3) is 0.312. The zero-order chi connectivity index (χ0) is 26.6. The van der Waals surface area contributed by atoms with Gasteiger partial charge in [0.25, 0.3) is 11.7 Å². The fourth-order valence-electron chi connectivity index (χ4n) is 4.57. The van der Waals surface area contributed by atoms with Gasteiger partial charge in [0.1, 0.15) is 11.5 Å². The summed E-state index contributed by atoms with van der Waals surface area (Å²) in [6.07, 6.45) is 3.21. The van der Waals surface area contributed by atoms with E-state index in [2.05, 4.69) is 27.7 Å². The number of benzene rings is 3. The average molecular weight is 498 g/mol. The highest BCUT2D eigenvalue weighted by Gasteiger charge is 2.47. The number of Topliss-reactive ketones (excluding diaryl/α,β-unsaturated/α-hetero) is 1. The lowest BCUT2D eigenvalue weighted by molar-refractivity contribution is -0.132. The molecule has 1 atom stereocenters. The maximum absolute atomic E-state index is 13.3. The van der Waals surface area contributed by atoms with Gasteiger partial charge in [-0.05, 0) is 59.4 Å². The van der Waals surface area contributed by atoms with E-state index in [9.17, 15) is 14.7 Å². The highest BCUT2D eigenvalue weighted by molar-refractivity contribution is 6.51. The Morgan fingerprint density at radius 3 is 2.14 bits per heavy atom. The molecule has 3 aromatic rings. The molecule has 1 fully saturated rings. The molecule has 1 amide bonds. The zero-order valence-corrected chi connectivity index (χ0v) is 22.0. The molecule has 0 aliphatic carbocycles. The molecule has 0 bridgehead atoms. The zero-order valence-electron chi connectivity index (χ0n) is 22.0. The first-order chi connectivity index (χ1) is 17.7. The van der Waals surface area contributed by atoms with Gasteiger partial charge in [0.05, 0.1) is 18.2 Å². The van der Waals surface area contributed by atoms with Gasteiger partial charge in [-0.2, -0.15) is 0 Å². The number of para-hydroxylation sites is 1. The lowest BCUT2D eigenvalue weighted by atomic mass is 9.85. The highest BCUT2D eigenvalue weighted by atomic mass is 16.5. The van der Waals surface area contributed by atoms with Crippen LogP contribution in [0.25, 0.3) is 5.76 Å².